The fourth-order valence-electron chi connectivity index (χ4n) is 1.91. The van der Waals surface area contributed by atoms with Gasteiger partial charge in [0.05, 0.1) is 5.75 Å². The highest BCUT2D eigenvalue weighted by Crippen LogP contribution is 2.26. The second kappa shape index (κ2) is 6.58. The number of hydrogen-bond donors (Lipinski definition) is 0. The predicted molar refractivity (Wildman–Crippen MR) is 88.0 cm³/mol. The Morgan fingerprint density at radius 1 is 1.18 bits per heavy atom. The van der Waals surface area contributed by atoms with Crippen LogP contribution >= 0.6 is 23.1 Å². The summed E-state index contributed by atoms with van der Waals surface area (Å²) in [6.45, 7) is 6.29. The van der Waals surface area contributed by atoms with Gasteiger partial charge in [0, 0.05) is 5.56 Å². The highest BCUT2D eigenvalue weighted by Gasteiger charge is 2.11. The molecule has 2 aromatic heterocycles. The minimum atomic E-state index is 0.515. The van der Waals surface area contributed by atoms with E-state index in [2.05, 4.69) is 46.3 Å². The molecule has 0 bridgehead atoms. The molecule has 0 radical (unpaired) electrons. The molecule has 1 aromatic carbocycles. The Morgan fingerprint density at radius 2 is 1.95 bits per heavy atom. The van der Waals surface area contributed by atoms with E-state index in [1.807, 2.05) is 19.1 Å². The number of rotatable bonds is 5. The molecule has 2 heterocycles. The topological polar surface area (TPSA) is 64.7 Å². The second-order valence-electron chi connectivity index (χ2n) is 5.16. The van der Waals surface area contributed by atoms with Crippen LogP contribution < -0.4 is 0 Å². The number of thioether (sulfide) groups is 1. The van der Waals surface area contributed by atoms with Crippen LogP contribution in [-0.2, 0) is 5.75 Å². The highest BCUT2D eigenvalue weighted by atomic mass is 32.2. The molecular formula is C15H16N4OS2. The average molecular weight is 332 g/mol. The molecule has 0 atom stereocenters. The van der Waals surface area contributed by atoms with E-state index in [0.29, 0.717) is 23.4 Å². The lowest BCUT2D eigenvalue weighted by Crippen LogP contribution is -1.88. The Balaban J connectivity index is 1.67. The summed E-state index contributed by atoms with van der Waals surface area (Å²) in [6, 6.07) is 8.28. The lowest BCUT2D eigenvalue weighted by atomic mass is 10.0. The smallest absolute Gasteiger partial charge is 0.237 e. The van der Waals surface area contributed by atoms with Gasteiger partial charge in [0.15, 0.2) is 4.34 Å². The number of nitrogens with zero attached hydrogens (tertiary/aromatic N) is 4. The van der Waals surface area contributed by atoms with Gasteiger partial charge in [0.2, 0.25) is 11.7 Å². The first kappa shape index (κ1) is 15.2. The molecule has 22 heavy (non-hydrogen) atoms. The van der Waals surface area contributed by atoms with Crippen molar-refractivity contribution >= 4 is 23.1 Å². The van der Waals surface area contributed by atoms with Gasteiger partial charge in [-0.05, 0) is 18.4 Å². The van der Waals surface area contributed by atoms with Crippen LogP contribution in [0.1, 0.15) is 36.2 Å². The van der Waals surface area contributed by atoms with Crippen LogP contribution in [0.15, 0.2) is 33.1 Å². The van der Waals surface area contributed by atoms with Crippen LogP contribution in [0.4, 0.5) is 0 Å². The third-order valence-corrected chi connectivity index (χ3v) is 5.09. The van der Waals surface area contributed by atoms with Gasteiger partial charge < -0.3 is 4.52 Å². The summed E-state index contributed by atoms with van der Waals surface area (Å²) in [5.41, 5.74) is 2.27. The molecule has 0 amide bonds. The van der Waals surface area contributed by atoms with Crippen LogP contribution in [0.5, 0.6) is 0 Å². The Hall–Kier alpha value is -1.73. The van der Waals surface area contributed by atoms with E-state index in [9.17, 15) is 0 Å². The van der Waals surface area contributed by atoms with Crippen molar-refractivity contribution in [2.24, 2.45) is 0 Å². The van der Waals surface area contributed by atoms with Crippen molar-refractivity contribution in [1.29, 1.82) is 0 Å². The zero-order chi connectivity index (χ0) is 15.5. The molecule has 5 nitrogen and oxygen atoms in total. The van der Waals surface area contributed by atoms with Crippen molar-refractivity contribution < 1.29 is 4.52 Å². The Kier molecular flexibility index (Phi) is 4.54. The minimum Gasteiger partial charge on any atom is -0.338 e. The van der Waals surface area contributed by atoms with Crippen LogP contribution in [0, 0.1) is 6.92 Å². The lowest BCUT2D eigenvalue weighted by Gasteiger charge is -2.04. The molecule has 0 aliphatic heterocycles. The van der Waals surface area contributed by atoms with E-state index in [4.69, 9.17) is 4.52 Å². The summed E-state index contributed by atoms with van der Waals surface area (Å²) in [5.74, 6) is 2.34. The summed E-state index contributed by atoms with van der Waals surface area (Å²) in [4.78, 5) is 4.43. The fraction of sp³-hybridized carbons (Fsp3) is 0.333. The third kappa shape index (κ3) is 3.53. The molecule has 0 aliphatic carbocycles. The van der Waals surface area contributed by atoms with Crippen molar-refractivity contribution in [2.45, 2.75) is 36.8 Å². The van der Waals surface area contributed by atoms with Gasteiger partial charge in [0.1, 0.15) is 5.01 Å². The first-order valence-electron chi connectivity index (χ1n) is 6.97. The van der Waals surface area contributed by atoms with Gasteiger partial charge in [-0.1, -0.05) is 66.4 Å². The van der Waals surface area contributed by atoms with Crippen LogP contribution in [0.3, 0.4) is 0 Å². The highest BCUT2D eigenvalue weighted by molar-refractivity contribution is 8.00. The zero-order valence-electron chi connectivity index (χ0n) is 12.6. The van der Waals surface area contributed by atoms with E-state index >= 15 is 0 Å². The molecule has 0 aliphatic rings. The maximum absolute atomic E-state index is 5.30. The monoisotopic (exact) mass is 332 g/mol. The Bertz CT molecular complexity index is 749. The Morgan fingerprint density at radius 3 is 2.59 bits per heavy atom. The fourth-order valence-corrected chi connectivity index (χ4v) is 3.56. The maximum Gasteiger partial charge on any atom is 0.237 e. The largest absolute Gasteiger partial charge is 0.338 e. The van der Waals surface area contributed by atoms with Crippen LogP contribution in [0.25, 0.3) is 11.4 Å². The third-order valence-electron chi connectivity index (χ3n) is 3.13. The molecule has 0 saturated heterocycles. The van der Waals surface area contributed by atoms with Gasteiger partial charge >= 0.3 is 0 Å². The summed E-state index contributed by atoms with van der Waals surface area (Å²) in [7, 11) is 0. The first-order chi connectivity index (χ1) is 10.6. The molecule has 0 unspecified atom stereocenters. The van der Waals surface area contributed by atoms with E-state index in [-0.39, 0.29) is 0 Å². The second-order valence-corrected chi connectivity index (χ2v) is 7.57. The summed E-state index contributed by atoms with van der Waals surface area (Å²) < 4.78 is 6.22. The first-order valence-corrected chi connectivity index (χ1v) is 8.78. The van der Waals surface area contributed by atoms with Crippen molar-refractivity contribution in [2.75, 3.05) is 0 Å². The summed E-state index contributed by atoms with van der Waals surface area (Å²) in [5, 5.41) is 13.1. The number of aromatic nitrogens is 4. The molecule has 3 aromatic rings. The summed E-state index contributed by atoms with van der Waals surface area (Å²) >= 11 is 3.12. The minimum absolute atomic E-state index is 0.515. The van der Waals surface area contributed by atoms with Crippen molar-refractivity contribution in [3.05, 3.63) is 40.7 Å². The zero-order valence-corrected chi connectivity index (χ0v) is 14.2. The van der Waals surface area contributed by atoms with Gasteiger partial charge in [-0.3, -0.25) is 0 Å². The summed E-state index contributed by atoms with van der Waals surface area (Å²) in [6.07, 6.45) is 0. The van der Waals surface area contributed by atoms with Gasteiger partial charge in [-0.15, -0.1) is 10.2 Å². The number of benzene rings is 1. The molecule has 0 spiro atoms. The van der Waals surface area contributed by atoms with E-state index < -0.39 is 0 Å². The predicted octanol–water partition coefficient (Wildman–Crippen LogP) is 4.31. The van der Waals surface area contributed by atoms with E-state index in [0.717, 1.165) is 14.9 Å². The van der Waals surface area contributed by atoms with Gasteiger partial charge in [-0.25, -0.2) is 0 Å². The lowest BCUT2D eigenvalue weighted by molar-refractivity contribution is 0.391. The SMILES string of the molecule is Cc1nnc(SCc2nc(-c3ccc(C(C)C)cc3)no2)s1. The average Bonchev–Trinajstić information content (AvgIpc) is 3.14. The van der Waals surface area contributed by atoms with E-state index in [1.54, 1.807) is 23.1 Å². The van der Waals surface area contributed by atoms with Gasteiger partial charge in [-0.2, -0.15) is 4.98 Å². The maximum atomic E-state index is 5.30. The van der Waals surface area contributed by atoms with Crippen LogP contribution in [0.2, 0.25) is 0 Å². The Labute approximate surface area is 137 Å². The molecule has 0 N–H and O–H groups in total. The van der Waals surface area contributed by atoms with Crippen molar-refractivity contribution in [3.8, 4) is 11.4 Å². The standard InChI is InChI=1S/C15H16N4OS2/c1-9(2)11-4-6-12(7-5-11)14-16-13(20-19-14)8-21-15-18-17-10(3)22-15/h4-7,9H,8H2,1-3H3. The van der Waals surface area contributed by atoms with E-state index in [1.165, 1.54) is 5.56 Å². The molecule has 7 heteroatoms. The number of hydrogen-bond acceptors (Lipinski definition) is 7. The molecule has 3 rings (SSSR count). The van der Waals surface area contributed by atoms with Crippen LogP contribution in [-0.4, -0.2) is 20.3 Å². The molecular weight excluding hydrogens is 316 g/mol. The van der Waals surface area contributed by atoms with Crippen molar-refractivity contribution in [1.82, 2.24) is 20.3 Å². The molecule has 0 saturated carbocycles. The quantitative estimate of drug-likeness (QED) is 0.649. The molecule has 0 fully saturated rings. The van der Waals surface area contributed by atoms with Crippen molar-refractivity contribution in [3.63, 3.8) is 0 Å². The normalized spacial score (nSPS) is 11.3. The molecule has 114 valence electrons. The number of aryl methyl sites for hydroxylation is 1. The van der Waals surface area contributed by atoms with Gasteiger partial charge in [0.25, 0.3) is 0 Å².